The Kier molecular flexibility index (Phi) is 5.70. The first-order chi connectivity index (χ1) is 13.6. The number of carbonyl (C=O) groups excluding carboxylic acids is 1. The summed E-state index contributed by atoms with van der Waals surface area (Å²) in [6.45, 7) is 2.31. The first-order valence-corrected chi connectivity index (χ1v) is 10.9. The molecule has 0 amide bonds. The zero-order chi connectivity index (χ0) is 19.7. The highest BCUT2D eigenvalue weighted by atomic mass is 19.1. The summed E-state index contributed by atoms with van der Waals surface area (Å²) in [5, 5.41) is 1.76. The molecule has 3 heteroatoms. The third kappa shape index (κ3) is 3.81. The largest absolute Gasteiger partial charge is 0.465 e. The van der Waals surface area contributed by atoms with Crippen LogP contribution in [0.25, 0.3) is 10.8 Å². The lowest BCUT2D eigenvalue weighted by Crippen LogP contribution is -2.30. The van der Waals surface area contributed by atoms with Gasteiger partial charge in [0.25, 0.3) is 0 Å². The summed E-state index contributed by atoms with van der Waals surface area (Å²) in [6.07, 6.45) is 10.8. The third-order valence-electron chi connectivity index (χ3n) is 7.25. The minimum absolute atomic E-state index is 0.00657. The molecule has 4 unspecified atom stereocenters. The highest BCUT2D eigenvalue weighted by Gasteiger charge is 2.35. The Morgan fingerprint density at radius 2 is 1.82 bits per heavy atom. The van der Waals surface area contributed by atoms with Crippen LogP contribution in [-0.4, -0.2) is 13.1 Å². The van der Waals surface area contributed by atoms with Gasteiger partial charge < -0.3 is 4.74 Å². The Morgan fingerprint density at radius 1 is 1.04 bits per heavy atom. The van der Waals surface area contributed by atoms with E-state index in [1.165, 1.54) is 70.1 Å². The summed E-state index contributed by atoms with van der Waals surface area (Å²) in [6, 6.07) is 9.42. The molecule has 0 radical (unpaired) electrons. The summed E-state index contributed by atoms with van der Waals surface area (Å²) in [5.41, 5.74) is 1.33. The van der Waals surface area contributed by atoms with Crippen LogP contribution in [0.4, 0.5) is 4.39 Å². The number of ether oxygens (including phenoxy) is 1. The lowest BCUT2D eigenvalue weighted by atomic mass is 9.63. The van der Waals surface area contributed by atoms with Gasteiger partial charge >= 0.3 is 5.97 Å². The Morgan fingerprint density at radius 3 is 2.61 bits per heavy atom. The Labute approximate surface area is 167 Å². The van der Waals surface area contributed by atoms with Crippen molar-refractivity contribution in [2.24, 2.45) is 17.8 Å². The number of esters is 1. The summed E-state index contributed by atoms with van der Waals surface area (Å²) in [4.78, 5) is 11.7. The molecule has 2 aromatic carbocycles. The third-order valence-corrected chi connectivity index (χ3v) is 7.25. The van der Waals surface area contributed by atoms with Crippen molar-refractivity contribution < 1.29 is 13.9 Å². The van der Waals surface area contributed by atoms with Crippen LogP contribution < -0.4 is 0 Å². The number of benzene rings is 2. The van der Waals surface area contributed by atoms with Crippen LogP contribution >= 0.6 is 0 Å². The first-order valence-electron chi connectivity index (χ1n) is 10.9. The molecule has 0 aliphatic heterocycles. The van der Waals surface area contributed by atoms with Crippen molar-refractivity contribution in [3.05, 3.63) is 47.3 Å². The molecule has 4 rings (SSSR count). The van der Waals surface area contributed by atoms with E-state index in [0.717, 1.165) is 28.5 Å². The van der Waals surface area contributed by atoms with Gasteiger partial charge in [0.05, 0.1) is 12.7 Å². The van der Waals surface area contributed by atoms with Crippen LogP contribution in [0.3, 0.4) is 0 Å². The molecule has 0 saturated heterocycles. The number of rotatable bonds is 4. The van der Waals surface area contributed by atoms with Gasteiger partial charge in [-0.3, -0.25) is 0 Å². The second kappa shape index (κ2) is 8.23. The van der Waals surface area contributed by atoms with Gasteiger partial charge in [-0.2, -0.15) is 0 Å². The second-order valence-corrected chi connectivity index (χ2v) is 8.93. The van der Waals surface area contributed by atoms with Crippen molar-refractivity contribution in [3.63, 3.8) is 0 Å². The molecule has 0 bridgehead atoms. The quantitative estimate of drug-likeness (QED) is 0.540. The van der Waals surface area contributed by atoms with Gasteiger partial charge in [0.2, 0.25) is 0 Å². The summed E-state index contributed by atoms with van der Waals surface area (Å²) >= 11 is 0. The molecular weight excluding hydrogens is 351 g/mol. The van der Waals surface area contributed by atoms with Gasteiger partial charge in [0, 0.05) is 0 Å². The molecule has 2 aromatic rings. The first kappa shape index (κ1) is 19.4. The maximum atomic E-state index is 14.4. The van der Waals surface area contributed by atoms with Crippen molar-refractivity contribution in [2.75, 3.05) is 7.11 Å². The Bertz CT molecular complexity index is 859. The maximum absolute atomic E-state index is 14.4. The summed E-state index contributed by atoms with van der Waals surface area (Å²) < 4.78 is 19.0. The van der Waals surface area contributed by atoms with Crippen LogP contribution in [0.5, 0.6) is 0 Å². The molecule has 28 heavy (non-hydrogen) atoms. The molecule has 2 saturated carbocycles. The second-order valence-electron chi connectivity index (χ2n) is 8.93. The van der Waals surface area contributed by atoms with Crippen LogP contribution in [0.2, 0.25) is 0 Å². The zero-order valence-electron chi connectivity index (χ0n) is 17.0. The molecule has 0 aromatic heterocycles. The predicted molar refractivity (Wildman–Crippen MR) is 111 cm³/mol. The molecule has 0 N–H and O–H groups in total. The van der Waals surface area contributed by atoms with Crippen LogP contribution in [-0.2, 0) is 4.74 Å². The molecule has 150 valence electrons. The fourth-order valence-electron chi connectivity index (χ4n) is 5.77. The van der Waals surface area contributed by atoms with Gasteiger partial charge in [-0.1, -0.05) is 44.4 Å². The number of carbonyl (C=O) groups is 1. The van der Waals surface area contributed by atoms with Crippen molar-refractivity contribution in [3.8, 4) is 0 Å². The normalized spacial score (nSPS) is 27.4. The molecule has 4 atom stereocenters. The van der Waals surface area contributed by atoms with E-state index in [1.807, 2.05) is 6.07 Å². The Hall–Kier alpha value is -1.90. The van der Waals surface area contributed by atoms with E-state index in [9.17, 15) is 9.18 Å². The van der Waals surface area contributed by atoms with Gasteiger partial charge in [-0.05, 0) is 84.2 Å². The fourth-order valence-corrected chi connectivity index (χ4v) is 5.77. The standard InChI is InChI=1S/C25H31FO2/c1-3-4-16-5-6-18-12-19(8-7-17(18)11-16)20-9-10-21-14-23(25(27)28-2)24(26)15-22(21)13-20/h9-10,13-19H,3-8,11-12H2,1-2H3. The minimum Gasteiger partial charge on any atom is -0.465 e. The highest BCUT2D eigenvalue weighted by molar-refractivity contribution is 5.95. The monoisotopic (exact) mass is 382 g/mol. The van der Waals surface area contributed by atoms with E-state index >= 15 is 0 Å². The molecule has 2 nitrogen and oxygen atoms in total. The van der Waals surface area contributed by atoms with Crippen LogP contribution in [0, 0.1) is 23.6 Å². The van der Waals surface area contributed by atoms with Gasteiger partial charge in [0.15, 0.2) is 0 Å². The number of hydrogen-bond acceptors (Lipinski definition) is 2. The van der Waals surface area contributed by atoms with E-state index in [0.29, 0.717) is 5.92 Å². The van der Waals surface area contributed by atoms with Crippen molar-refractivity contribution in [2.45, 2.75) is 64.2 Å². The van der Waals surface area contributed by atoms with E-state index in [2.05, 4.69) is 23.8 Å². The van der Waals surface area contributed by atoms with Crippen molar-refractivity contribution >= 4 is 16.7 Å². The van der Waals surface area contributed by atoms with Crippen molar-refractivity contribution in [1.29, 1.82) is 0 Å². The van der Waals surface area contributed by atoms with Gasteiger partial charge in [-0.15, -0.1) is 0 Å². The minimum atomic E-state index is -0.625. The van der Waals surface area contributed by atoms with Crippen molar-refractivity contribution in [1.82, 2.24) is 0 Å². The highest BCUT2D eigenvalue weighted by Crippen LogP contribution is 2.48. The van der Waals surface area contributed by atoms with Crippen LogP contribution in [0.15, 0.2) is 30.3 Å². The molecular formula is C25H31FO2. The summed E-state index contributed by atoms with van der Waals surface area (Å²) in [5.74, 6) is 2.19. The summed E-state index contributed by atoms with van der Waals surface area (Å²) in [7, 11) is 1.28. The van der Waals surface area contributed by atoms with Gasteiger partial charge in [0.1, 0.15) is 5.82 Å². The number of fused-ring (bicyclic) bond motifs is 2. The van der Waals surface area contributed by atoms with E-state index in [-0.39, 0.29) is 5.56 Å². The lowest BCUT2D eigenvalue weighted by Gasteiger charge is -2.42. The van der Waals surface area contributed by atoms with E-state index in [4.69, 9.17) is 0 Å². The smallest absolute Gasteiger partial charge is 0.340 e. The average Bonchev–Trinajstić information content (AvgIpc) is 2.72. The van der Waals surface area contributed by atoms with E-state index < -0.39 is 11.8 Å². The fraction of sp³-hybridized carbons (Fsp3) is 0.560. The SMILES string of the molecule is CCCC1CCC2CC(c3ccc4cc(C(=O)OC)c(F)cc4c3)CCC2C1. The topological polar surface area (TPSA) is 26.3 Å². The average molecular weight is 383 g/mol. The Balaban J connectivity index is 1.51. The predicted octanol–water partition coefficient (Wildman–Crippen LogP) is 6.87. The number of hydrogen-bond donors (Lipinski definition) is 0. The molecule has 0 spiro atoms. The van der Waals surface area contributed by atoms with Crippen LogP contribution in [0.1, 0.15) is 80.1 Å². The molecule has 2 aliphatic rings. The zero-order valence-corrected chi connectivity index (χ0v) is 17.0. The number of methoxy groups -OCH3 is 1. The maximum Gasteiger partial charge on any atom is 0.340 e. The molecule has 2 aliphatic carbocycles. The molecule has 2 fully saturated rings. The molecule has 0 heterocycles. The van der Waals surface area contributed by atoms with Gasteiger partial charge in [-0.25, -0.2) is 9.18 Å². The lowest BCUT2D eigenvalue weighted by molar-refractivity contribution is 0.0595. The van der Waals surface area contributed by atoms with E-state index in [1.54, 1.807) is 6.07 Å². The number of halogens is 1.